The van der Waals surface area contributed by atoms with Gasteiger partial charge in [0.05, 0.1) is 18.5 Å². The fourth-order valence-corrected chi connectivity index (χ4v) is 4.35. The van der Waals surface area contributed by atoms with Gasteiger partial charge < -0.3 is 9.30 Å². The molecule has 0 radical (unpaired) electrons. The lowest BCUT2D eigenvalue weighted by Gasteiger charge is -2.08. The van der Waals surface area contributed by atoms with E-state index in [2.05, 4.69) is 24.9 Å². The van der Waals surface area contributed by atoms with Crippen LogP contribution in [0.25, 0.3) is 28.6 Å². The second kappa shape index (κ2) is 8.64. The van der Waals surface area contributed by atoms with E-state index in [9.17, 15) is 13.2 Å². The summed E-state index contributed by atoms with van der Waals surface area (Å²) in [4.78, 5) is 21.5. The number of alkyl halides is 3. The Kier molecular flexibility index (Phi) is 5.39. The molecular formula is C25H21F3N8O. The number of imidazole rings is 1. The highest BCUT2D eigenvalue weighted by atomic mass is 19.4. The molecule has 4 heterocycles. The normalized spacial score (nSPS) is 13.9. The molecule has 1 aromatic carbocycles. The average molecular weight is 506 g/mol. The van der Waals surface area contributed by atoms with Gasteiger partial charge in [-0.05, 0) is 24.5 Å². The van der Waals surface area contributed by atoms with Crippen LogP contribution in [0.4, 0.5) is 13.2 Å². The molecule has 6 rings (SSSR count). The van der Waals surface area contributed by atoms with Crippen molar-refractivity contribution in [3.8, 4) is 28.7 Å². The van der Waals surface area contributed by atoms with Gasteiger partial charge in [0.25, 0.3) is 5.78 Å². The molecule has 1 aliphatic rings. The lowest BCUT2D eigenvalue weighted by molar-refractivity contribution is -0.140. The van der Waals surface area contributed by atoms with Gasteiger partial charge in [0.2, 0.25) is 5.88 Å². The quantitative estimate of drug-likeness (QED) is 0.335. The van der Waals surface area contributed by atoms with Gasteiger partial charge in [-0.25, -0.2) is 24.5 Å². The van der Waals surface area contributed by atoms with E-state index in [1.54, 1.807) is 37.0 Å². The predicted octanol–water partition coefficient (Wildman–Crippen LogP) is 4.48. The number of methoxy groups -OCH3 is 1. The molecule has 0 saturated heterocycles. The van der Waals surface area contributed by atoms with Crippen LogP contribution in [0, 0.1) is 0 Å². The summed E-state index contributed by atoms with van der Waals surface area (Å²) < 4.78 is 47.7. The van der Waals surface area contributed by atoms with E-state index >= 15 is 0 Å². The standard InChI is InChI=1S/C25H21F3N8O/c1-35-12-18(25(26,27)28)32-22(35)16-5-3-14(4-6-16)11-17-9-10-29-24-33-21(34-36(17)24)19-20(15-7-8-15)30-13-31-23(19)37-2/h3-6,9-10,12-13,15H,7-8,11H2,1-2H3. The van der Waals surface area contributed by atoms with Gasteiger partial charge in [0.15, 0.2) is 11.5 Å². The molecule has 0 atom stereocenters. The summed E-state index contributed by atoms with van der Waals surface area (Å²) in [6.45, 7) is 0. The molecule has 0 N–H and O–H groups in total. The number of benzene rings is 1. The van der Waals surface area contributed by atoms with Gasteiger partial charge in [0, 0.05) is 37.3 Å². The first kappa shape index (κ1) is 23.1. The second-order valence-electron chi connectivity index (χ2n) is 8.93. The number of fused-ring (bicyclic) bond motifs is 1. The van der Waals surface area contributed by atoms with E-state index in [4.69, 9.17) is 9.84 Å². The summed E-state index contributed by atoms with van der Waals surface area (Å²) >= 11 is 0. The third-order valence-electron chi connectivity index (χ3n) is 6.31. The highest BCUT2D eigenvalue weighted by Gasteiger charge is 2.34. The minimum absolute atomic E-state index is 0.247. The zero-order valence-electron chi connectivity index (χ0n) is 19.9. The van der Waals surface area contributed by atoms with Crippen LogP contribution in [0.1, 0.15) is 41.4 Å². The van der Waals surface area contributed by atoms with Crippen LogP contribution >= 0.6 is 0 Å². The van der Waals surface area contributed by atoms with E-state index in [-0.39, 0.29) is 5.82 Å². The molecule has 188 valence electrons. The SMILES string of the molecule is COc1ncnc(C2CC2)c1-c1nc2nccc(Cc3ccc(-c4nc(C(F)(F)F)cn4C)cc3)n2n1. The molecule has 1 fully saturated rings. The Hall–Kier alpha value is -4.35. The Bertz CT molecular complexity index is 1600. The van der Waals surface area contributed by atoms with Crippen LogP contribution in [-0.4, -0.2) is 46.2 Å². The maximum atomic E-state index is 13.0. The Morgan fingerprint density at radius 3 is 2.49 bits per heavy atom. The third-order valence-corrected chi connectivity index (χ3v) is 6.31. The van der Waals surface area contributed by atoms with E-state index in [1.165, 1.54) is 10.9 Å². The van der Waals surface area contributed by atoms with Gasteiger partial charge in [0.1, 0.15) is 17.7 Å². The summed E-state index contributed by atoms with van der Waals surface area (Å²) in [5.41, 5.74) is 3.02. The molecule has 1 aliphatic carbocycles. The molecule has 5 aromatic rings. The van der Waals surface area contributed by atoms with E-state index in [0.29, 0.717) is 40.9 Å². The van der Waals surface area contributed by atoms with Crippen molar-refractivity contribution >= 4 is 5.78 Å². The molecule has 0 spiro atoms. The maximum Gasteiger partial charge on any atom is 0.434 e. The lowest BCUT2D eigenvalue weighted by Crippen LogP contribution is -2.04. The summed E-state index contributed by atoms with van der Waals surface area (Å²) in [5.74, 6) is 1.90. The number of hydrogen-bond donors (Lipinski definition) is 0. The summed E-state index contributed by atoms with van der Waals surface area (Å²) in [6, 6.07) is 9.10. The smallest absolute Gasteiger partial charge is 0.434 e. The number of halogens is 3. The van der Waals surface area contributed by atoms with Crippen molar-refractivity contribution in [2.75, 3.05) is 7.11 Å². The van der Waals surface area contributed by atoms with Gasteiger partial charge >= 0.3 is 6.18 Å². The van der Waals surface area contributed by atoms with Gasteiger partial charge in [-0.1, -0.05) is 24.3 Å². The topological polar surface area (TPSA) is 95.9 Å². The molecule has 0 bridgehead atoms. The molecule has 0 aliphatic heterocycles. The second-order valence-corrected chi connectivity index (χ2v) is 8.93. The summed E-state index contributed by atoms with van der Waals surface area (Å²) in [7, 11) is 3.10. The van der Waals surface area contributed by atoms with Gasteiger partial charge in [-0.2, -0.15) is 18.2 Å². The highest BCUT2D eigenvalue weighted by molar-refractivity contribution is 5.67. The Balaban J connectivity index is 1.32. The lowest BCUT2D eigenvalue weighted by atomic mass is 10.1. The number of rotatable bonds is 6. The van der Waals surface area contributed by atoms with Crippen molar-refractivity contribution in [1.29, 1.82) is 0 Å². The Morgan fingerprint density at radius 2 is 1.81 bits per heavy atom. The number of nitrogens with zero attached hydrogens (tertiary/aromatic N) is 8. The van der Waals surface area contributed by atoms with Crippen molar-refractivity contribution in [2.24, 2.45) is 7.05 Å². The van der Waals surface area contributed by atoms with Gasteiger partial charge in [-0.3, -0.25) is 0 Å². The molecule has 37 heavy (non-hydrogen) atoms. The first-order valence-corrected chi connectivity index (χ1v) is 11.6. The number of aromatic nitrogens is 8. The monoisotopic (exact) mass is 506 g/mol. The summed E-state index contributed by atoms with van der Waals surface area (Å²) in [5, 5.41) is 4.72. The Morgan fingerprint density at radius 1 is 1.03 bits per heavy atom. The minimum Gasteiger partial charge on any atom is -0.480 e. The maximum absolute atomic E-state index is 13.0. The van der Waals surface area contributed by atoms with Crippen LogP contribution in [0.15, 0.2) is 49.1 Å². The largest absolute Gasteiger partial charge is 0.480 e. The summed E-state index contributed by atoms with van der Waals surface area (Å²) in [6.07, 6.45) is 2.27. The Labute approximate surface area is 209 Å². The number of ether oxygens (including phenoxy) is 1. The fraction of sp³-hybridized carbons (Fsp3) is 0.280. The molecule has 0 unspecified atom stereocenters. The van der Waals surface area contributed by atoms with Crippen LogP contribution in [0.5, 0.6) is 5.88 Å². The van der Waals surface area contributed by atoms with Crippen molar-refractivity contribution < 1.29 is 17.9 Å². The van der Waals surface area contributed by atoms with Crippen molar-refractivity contribution in [2.45, 2.75) is 31.4 Å². The van der Waals surface area contributed by atoms with Crippen molar-refractivity contribution in [1.82, 2.24) is 39.1 Å². The zero-order valence-corrected chi connectivity index (χ0v) is 19.9. The van der Waals surface area contributed by atoms with Crippen molar-refractivity contribution in [3.05, 3.63) is 71.7 Å². The predicted molar refractivity (Wildman–Crippen MR) is 127 cm³/mol. The highest BCUT2D eigenvalue weighted by Crippen LogP contribution is 2.44. The van der Waals surface area contributed by atoms with E-state index < -0.39 is 11.9 Å². The first-order chi connectivity index (χ1) is 17.8. The number of aryl methyl sites for hydroxylation is 1. The zero-order chi connectivity index (χ0) is 25.7. The van der Waals surface area contributed by atoms with E-state index in [1.807, 2.05) is 18.2 Å². The van der Waals surface area contributed by atoms with E-state index in [0.717, 1.165) is 36.0 Å². The molecule has 12 heteroatoms. The fourth-order valence-electron chi connectivity index (χ4n) is 4.35. The molecule has 4 aromatic heterocycles. The number of hydrogen-bond acceptors (Lipinski definition) is 7. The molecule has 1 saturated carbocycles. The van der Waals surface area contributed by atoms with Gasteiger partial charge in [-0.15, -0.1) is 5.10 Å². The van der Waals surface area contributed by atoms with Crippen LogP contribution in [-0.2, 0) is 19.6 Å². The average Bonchev–Trinajstić information content (AvgIpc) is 3.51. The first-order valence-electron chi connectivity index (χ1n) is 11.6. The third kappa shape index (κ3) is 4.28. The molecular weight excluding hydrogens is 485 g/mol. The van der Waals surface area contributed by atoms with Crippen molar-refractivity contribution in [3.63, 3.8) is 0 Å². The minimum atomic E-state index is -4.49. The van der Waals surface area contributed by atoms with Crippen LogP contribution in [0.2, 0.25) is 0 Å². The van der Waals surface area contributed by atoms with Crippen LogP contribution in [0.3, 0.4) is 0 Å². The molecule has 9 nitrogen and oxygen atoms in total. The van der Waals surface area contributed by atoms with Crippen LogP contribution < -0.4 is 4.74 Å². The molecule has 0 amide bonds.